The Morgan fingerprint density at radius 2 is 1.72 bits per heavy atom. The quantitative estimate of drug-likeness (QED) is 0.495. The van der Waals surface area contributed by atoms with Crippen LogP contribution in [0.15, 0.2) is 41.2 Å². The Kier molecular flexibility index (Phi) is 3.97. The zero-order valence-electron chi connectivity index (χ0n) is 13.5. The molecule has 9 nitrogen and oxygen atoms in total. The van der Waals surface area contributed by atoms with Gasteiger partial charge in [-0.05, 0) is 24.3 Å². The van der Waals surface area contributed by atoms with Crippen molar-refractivity contribution < 1.29 is 9.72 Å². The van der Waals surface area contributed by atoms with Gasteiger partial charge in [-0.3, -0.25) is 14.9 Å². The third kappa shape index (κ3) is 3.20. The molecular formula is C16H15N5O4. The Labute approximate surface area is 141 Å². The number of H-pyrrole nitrogens is 2. The number of fused-ring (bicyclic) bond motifs is 1. The molecule has 0 saturated heterocycles. The van der Waals surface area contributed by atoms with Crippen molar-refractivity contribution in [3.8, 4) is 0 Å². The molecule has 3 aromatic rings. The molecule has 1 aromatic heterocycles. The zero-order valence-corrected chi connectivity index (χ0v) is 13.5. The first-order chi connectivity index (χ1) is 11.8. The van der Waals surface area contributed by atoms with Gasteiger partial charge in [0.2, 0.25) is 0 Å². The SMILES string of the molecule is CN(C)c1cc2[nH]c(=O)[nH]c2cc1NC(=O)c1ccc([N+](=O)[O-])cc1. The standard InChI is InChI=1S/C16H15N5O4/c1-20(2)14-8-12-11(18-16(23)19-12)7-13(14)17-15(22)9-3-5-10(6-4-9)21(24)25/h3-8H,1-2H3,(H,17,22)(H2,18,19,23). The van der Waals surface area contributed by atoms with Gasteiger partial charge >= 0.3 is 5.69 Å². The maximum Gasteiger partial charge on any atom is 0.323 e. The van der Waals surface area contributed by atoms with E-state index in [-0.39, 0.29) is 16.9 Å². The number of aromatic amines is 2. The summed E-state index contributed by atoms with van der Waals surface area (Å²) in [5.41, 5.74) is 2.28. The molecule has 0 saturated carbocycles. The van der Waals surface area contributed by atoms with Gasteiger partial charge in [-0.2, -0.15) is 0 Å². The third-order valence-corrected chi connectivity index (χ3v) is 3.70. The highest BCUT2D eigenvalue weighted by atomic mass is 16.6. The molecule has 2 aromatic carbocycles. The number of hydrogen-bond donors (Lipinski definition) is 3. The predicted molar refractivity (Wildman–Crippen MR) is 94.3 cm³/mol. The van der Waals surface area contributed by atoms with Crippen molar-refractivity contribution >= 4 is 34.0 Å². The van der Waals surface area contributed by atoms with Crippen molar-refractivity contribution in [2.24, 2.45) is 0 Å². The fourth-order valence-electron chi connectivity index (χ4n) is 2.47. The number of rotatable bonds is 4. The average molecular weight is 341 g/mol. The minimum absolute atomic E-state index is 0.0863. The first-order valence-corrected chi connectivity index (χ1v) is 7.34. The number of anilines is 2. The van der Waals surface area contributed by atoms with E-state index in [4.69, 9.17) is 0 Å². The summed E-state index contributed by atoms with van der Waals surface area (Å²) in [5.74, 6) is -0.407. The van der Waals surface area contributed by atoms with Crippen molar-refractivity contribution in [2.45, 2.75) is 0 Å². The van der Waals surface area contributed by atoms with Crippen LogP contribution in [0.4, 0.5) is 17.1 Å². The first kappa shape index (κ1) is 16.2. The summed E-state index contributed by atoms with van der Waals surface area (Å²) in [6.07, 6.45) is 0. The van der Waals surface area contributed by atoms with E-state index in [1.807, 2.05) is 14.1 Å². The highest BCUT2D eigenvalue weighted by Crippen LogP contribution is 2.29. The summed E-state index contributed by atoms with van der Waals surface area (Å²) < 4.78 is 0. The molecule has 1 amide bonds. The molecule has 0 spiro atoms. The van der Waals surface area contributed by atoms with Gasteiger partial charge in [0.1, 0.15) is 0 Å². The Hall–Kier alpha value is -3.62. The number of aromatic nitrogens is 2. The lowest BCUT2D eigenvalue weighted by Crippen LogP contribution is -2.16. The fraction of sp³-hybridized carbons (Fsp3) is 0.125. The molecule has 0 radical (unpaired) electrons. The molecule has 0 fully saturated rings. The van der Waals surface area contributed by atoms with Crippen LogP contribution in [0.2, 0.25) is 0 Å². The number of nitro benzene ring substituents is 1. The smallest absolute Gasteiger partial charge is 0.323 e. The van der Waals surface area contributed by atoms with E-state index in [0.29, 0.717) is 22.4 Å². The maximum atomic E-state index is 12.4. The largest absolute Gasteiger partial charge is 0.376 e. The lowest BCUT2D eigenvalue weighted by atomic mass is 10.1. The molecule has 0 aliphatic carbocycles. The van der Waals surface area contributed by atoms with Gasteiger partial charge < -0.3 is 20.2 Å². The Balaban J connectivity index is 1.95. The van der Waals surface area contributed by atoms with Crippen LogP contribution in [-0.4, -0.2) is 34.9 Å². The van der Waals surface area contributed by atoms with Gasteiger partial charge in [-0.1, -0.05) is 0 Å². The van der Waals surface area contributed by atoms with Gasteiger partial charge in [0, 0.05) is 31.8 Å². The minimum atomic E-state index is -0.526. The fourth-order valence-corrected chi connectivity index (χ4v) is 2.47. The Morgan fingerprint density at radius 3 is 2.28 bits per heavy atom. The van der Waals surface area contributed by atoms with E-state index >= 15 is 0 Å². The van der Waals surface area contributed by atoms with E-state index in [0.717, 1.165) is 0 Å². The van der Waals surface area contributed by atoms with Crippen molar-refractivity contribution in [3.05, 3.63) is 62.6 Å². The number of amides is 1. The maximum absolute atomic E-state index is 12.4. The predicted octanol–water partition coefficient (Wildman–Crippen LogP) is 2.08. The Morgan fingerprint density at radius 1 is 1.12 bits per heavy atom. The molecule has 0 aliphatic heterocycles. The number of nitrogens with one attached hydrogen (secondary N) is 3. The second-order valence-electron chi connectivity index (χ2n) is 5.65. The van der Waals surface area contributed by atoms with Crippen molar-refractivity contribution in [3.63, 3.8) is 0 Å². The van der Waals surface area contributed by atoms with E-state index in [1.54, 1.807) is 17.0 Å². The van der Waals surface area contributed by atoms with Gasteiger partial charge in [0.25, 0.3) is 11.6 Å². The summed E-state index contributed by atoms with van der Waals surface area (Å²) in [5, 5.41) is 13.5. The number of hydrogen-bond acceptors (Lipinski definition) is 5. The van der Waals surface area contributed by atoms with Crippen LogP contribution in [0.1, 0.15) is 10.4 Å². The van der Waals surface area contributed by atoms with Crippen molar-refractivity contribution in [2.75, 3.05) is 24.3 Å². The van der Waals surface area contributed by atoms with Gasteiger partial charge in [0.05, 0.1) is 27.3 Å². The van der Waals surface area contributed by atoms with Crippen LogP contribution in [0.5, 0.6) is 0 Å². The molecule has 0 aliphatic rings. The number of nitro groups is 1. The summed E-state index contributed by atoms with van der Waals surface area (Å²) in [7, 11) is 3.63. The van der Waals surface area contributed by atoms with Gasteiger partial charge in [-0.25, -0.2) is 4.79 Å². The monoisotopic (exact) mass is 341 g/mol. The van der Waals surface area contributed by atoms with Crippen molar-refractivity contribution in [1.29, 1.82) is 0 Å². The van der Waals surface area contributed by atoms with Crippen LogP contribution >= 0.6 is 0 Å². The second kappa shape index (κ2) is 6.11. The number of carbonyl (C=O) groups is 1. The Bertz CT molecular complexity index is 1020. The van der Waals surface area contributed by atoms with Crippen molar-refractivity contribution in [1.82, 2.24) is 9.97 Å². The van der Waals surface area contributed by atoms with E-state index in [9.17, 15) is 19.7 Å². The highest BCUT2D eigenvalue weighted by molar-refractivity contribution is 6.07. The summed E-state index contributed by atoms with van der Waals surface area (Å²) in [6.45, 7) is 0. The molecule has 3 N–H and O–H groups in total. The number of carbonyl (C=O) groups excluding carboxylic acids is 1. The number of benzene rings is 2. The molecule has 9 heteroatoms. The van der Waals surface area contributed by atoms with E-state index in [2.05, 4.69) is 15.3 Å². The lowest BCUT2D eigenvalue weighted by molar-refractivity contribution is -0.384. The van der Waals surface area contributed by atoms with Gasteiger partial charge in [0.15, 0.2) is 0 Å². The molecule has 128 valence electrons. The second-order valence-corrected chi connectivity index (χ2v) is 5.65. The van der Waals surface area contributed by atoms with Crippen LogP contribution in [0.3, 0.4) is 0 Å². The minimum Gasteiger partial charge on any atom is -0.376 e. The van der Waals surface area contributed by atoms with Crippen LogP contribution in [0, 0.1) is 10.1 Å². The van der Waals surface area contributed by atoms with Crippen LogP contribution in [-0.2, 0) is 0 Å². The number of nitrogens with zero attached hydrogens (tertiary/aromatic N) is 2. The number of non-ortho nitro benzene ring substituents is 1. The van der Waals surface area contributed by atoms with E-state index < -0.39 is 10.8 Å². The normalized spacial score (nSPS) is 10.6. The highest BCUT2D eigenvalue weighted by Gasteiger charge is 2.14. The molecule has 1 heterocycles. The summed E-state index contributed by atoms with van der Waals surface area (Å²) in [6, 6.07) is 8.73. The molecule has 0 atom stereocenters. The zero-order chi connectivity index (χ0) is 18.1. The third-order valence-electron chi connectivity index (χ3n) is 3.70. The summed E-state index contributed by atoms with van der Waals surface area (Å²) in [4.78, 5) is 41.2. The van der Waals surface area contributed by atoms with E-state index in [1.165, 1.54) is 24.3 Å². The molecule has 25 heavy (non-hydrogen) atoms. The number of imidazole rings is 1. The van der Waals surface area contributed by atoms with Crippen LogP contribution < -0.4 is 15.9 Å². The molecule has 0 unspecified atom stereocenters. The lowest BCUT2D eigenvalue weighted by Gasteiger charge is -2.18. The van der Waals surface area contributed by atoms with Crippen LogP contribution in [0.25, 0.3) is 11.0 Å². The molecule has 3 rings (SSSR count). The molecular weight excluding hydrogens is 326 g/mol. The first-order valence-electron chi connectivity index (χ1n) is 7.34. The topological polar surface area (TPSA) is 124 Å². The average Bonchev–Trinajstić information content (AvgIpc) is 2.93. The van der Waals surface area contributed by atoms with Gasteiger partial charge in [-0.15, -0.1) is 0 Å². The molecule has 0 bridgehead atoms. The summed E-state index contributed by atoms with van der Waals surface area (Å²) >= 11 is 0.